The Kier molecular flexibility index (Phi) is 7.50. The number of hydrogen-bond acceptors (Lipinski definition) is 8. The maximum absolute atomic E-state index is 13.0. The predicted octanol–water partition coefficient (Wildman–Crippen LogP) is 6.04. The summed E-state index contributed by atoms with van der Waals surface area (Å²) in [5, 5.41) is 19.9. The Morgan fingerprint density at radius 3 is 2.37 bits per heavy atom. The van der Waals surface area contributed by atoms with Crippen LogP contribution in [0.5, 0.6) is 5.75 Å². The lowest BCUT2D eigenvalue weighted by Gasteiger charge is -2.40. The van der Waals surface area contributed by atoms with Gasteiger partial charge in [0.2, 0.25) is 0 Å². The Hall–Kier alpha value is -4.72. The zero-order valence-electron chi connectivity index (χ0n) is 25.9. The molecule has 43 heavy (non-hydrogen) atoms. The standard InChI is InChI=1S/C32H38N6O5/c1-19-13-25(41-8)24(23-11-12-38(28(19)23)30(40)43-32(5,6)7)18-37-15-21-10-9-20(14-33)26(27(21)35-37)34-22-16-36(17-22)29(39)42-31(2,3)4/h9-13,15,22,34H,16-18H2,1-8H3. The van der Waals surface area contributed by atoms with Crippen molar-refractivity contribution in [2.75, 3.05) is 25.5 Å². The summed E-state index contributed by atoms with van der Waals surface area (Å²) in [6.45, 7) is 14.2. The fourth-order valence-corrected chi connectivity index (χ4v) is 5.24. The molecular formula is C32H38N6O5. The van der Waals surface area contributed by atoms with Gasteiger partial charge in [0.1, 0.15) is 28.5 Å². The molecule has 1 N–H and O–H groups in total. The van der Waals surface area contributed by atoms with Gasteiger partial charge in [-0.3, -0.25) is 9.25 Å². The number of aryl methyl sites for hydroxylation is 1. The first-order chi connectivity index (χ1) is 20.2. The number of fused-ring (bicyclic) bond motifs is 2. The quantitative estimate of drug-likeness (QED) is 0.300. The molecule has 11 nitrogen and oxygen atoms in total. The minimum Gasteiger partial charge on any atom is -0.496 e. The second-order valence-corrected chi connectivity index (χ2v) is 12.9. The number of benzene rings is 2. The Labute approximate surface area is 250 Å². The second kappa shape index (κ2) is 10.8. The van der Waals surface area contributed by atoms with E-state index in [1.807, 2.05) is 77.5 Å². The van der Waals surface area contributed by atoms with E-state index in [2.05, 4.69) is 11.4 Å². The van der Waals surface area contributed by atoms with Crippen LogP contribution in [0.4, 0.5) is 15.3 Å². The van der Waals surface area contributed by atoms with Crippen LogP contribution in [0.1, 0.15) is 58.2 Å². The first-order valence-corrected chi connectivity index (χ1v) is 14.2. The van der Waals surface area contributed by atoms with Crippen molar-refractivity contribution in [3.05, 3.63) is 53.3 Å². The van der Waals surface area contributed by atoms with E-state index >= 15 is 0 Å². The van der Waals surface area contributed by atoms with Crippen molar-refractivity contribution in [2.45, 2.75) is 72.3 Å². The molecule has 11 heteroatoms. The number of rotatable bonds is 5. The molecule has 1 aliphatic rings. The number of carbonyl (C=O) groups excluding carboxylic acids is 2. The SMILES string of the molecule is COc1cc(C)c2c(ccn2C(=O)OC(C)(C)C)c1Cn1cc2ccc(C#N)c(NC3CN(C(=O)OC(C)(C)C)C3)c2n1. The van der Waals surface area contributed by atoms with Crippen LogP contribution >= 0.6 is 0 Å². The predicted molar refractivity (Wildman–Crippen MR) is 164 cm³/mol. The van der Waals surface area contributed by atoms with Crippen LogP contribution < -0.4 is 10.1 Å². The van der Waals surface area contributed by atoms with E-state index in [9.17, 15) is 14.9 Å². The average molecular weight is 587 g/mol. The topological polar surface area (TPSA) is 124 Å². The van der Waals surface area contributed by atoms with Gasteiger partial charge in [-0.05, 0) is 78.3 Å². The summed E-state index contributed by atoms with van der Waals surface area (Å²) in [6.07, 6.45) is 2.83. The van der Waals surface area contributed by atoms with Crippen molar-refractivity contribution in [1.82, 2.24) is 19.2 Å². The molecule has 1 aliphatic heterocycles. The summed E-state index contributed by atoms with van der Waals surface area (Å²) in [6, 6.07) is 9.66. The van der Waals surface area contributed by atoms with Crippen LogP contribution in [-0.2, 0) is 16.0 Å². The molecule has 3 heterocycles. The molecule has 226 valence electrons. The lowest BCUT2D eigenvalue weighted by atomic mass is 10.0. The van der Waals surface area contributed by atoms with Gasteiger partial charge in [0.15, 0.2) is 0 Å². The second-order valence-electron chi connectivity index (χ2n) is 12.9. The molecule has 1 fully saturated rings. The largest absolute Gasteiger partial charge is 0.496 e. The highest BCUT2D eigenvalue weighted by molar-refractivity contribution is 5.96. The molecule has 4 aromatic rings. The molecule has 0 atom stereocenters. The van der Waals surface area contributed by atoms with Crippen molar-refractivity contribution in [2.24, 2.45) is 0 Å². The first-order valence-electron chi connectivity index (χ1n) is 14.2. The Morgan fingerprint density at radius 2 is 1.74 bits per heavy atom. The molecule has 0 bridgehead atoms. The van der Waals surface area contributed by atoms with Gasteiger partial charge in [-0.2, -0.15) is 10.4 Å². The van der Waals surface area contributed by atoms with Crippen LogP contribution in [-0.4, -0.2) is 68.9 Å². The minimum atomic E-state index is -0.631. The molecule has 1 amide bonds. The maximum Gasteiger partial charge on any atom is 0.419 e. The highest BCUT2D eigenvalue weighted by Crippen LogP contribution is 2.34. The average Bonchev–Trinajstić information content (AvgIpc) is 3.50. The third-order valence-corrected chi connectivity index (χ3v) is 7.09. The molecule has 0 aliphatic carbocycles. The van der Waals surface area contributed by atoms with Gasteiger partial charge in [0.05, 0.1) is 36.5 Å². The van der Waals surface area contributed by atoms with Crippen molar-refractivity contribution < 1.29 is 23.8 Å². The van der Waals surface area contributed by atoms with Crippen LogP contribution in [0.3, 0.4) is 0 Å². The molecule has 2 aromatic carbocycles. The highest BCUT2D eigenvalue weighted by atomic mass is 16.6. The van der Waals surface area contributed by atoms with Gasteiger partial charge in [-0.25, -0.2) is 9.59 Å². The van der Waals surface area contributed by atoms with Crippen molar-refractivity contribution >= 4 is 39.7 Å². The van der Waals surface area contributed by atoms with E-state index < -0.39 is 17.3 Å². The number of carbonyl (C=O) groups is 2. The monoisotopic (exact) mass is 586 g/mol. The lowest BCUT2D eigenvalue weighted by Crippen LogP contribution is -2.58. The third kappa shape index (κ3) is 6.09. The van der Waals surface area contributed by atoms with Crippen LogP contribution in [0.25, 0.3) is 21.8 Å². The molecule has 0 radical (unpaired) electrons. The molecule has 5 rings (SSSR count). The number of anilines is 1. The highest BCUT2D eigenvalue weighted by Gasteiger charge is 2.34. The van der Waals surface area contributed by atoms with E-state index in [1.165, 1.54) is 4.57 Å². The van der Waals surface area contributed by atoms with Gasteiger partial charge in [-0.15, -0.1) is 0 Å². The van der Waals surface area contributed by atoms with Gasteiger partial charge in [-0.1, -0.05) is 0 Å². The number of amides is 1. The van der Waals surface area contributed by atoms with Crippen molar-refractivity contribution in [1.29, 1.82) is 5.26 Å². The number of nitriles is 1. The van der Waals surface area contributed by atoms with E-state index in [0.717, 1.165) is 27.4 Å². The fraction of sp³-hybridized carbons (Fsp3) is 0.438. The van der Waals surface area contributed by atoms with Crippen LogP contribution in [0, 0.1) is 18.3 Å². The van der Waals surface area contributed by atoms with Crippen molar-refractivity contribution in [3.63, 3.8) is 0 Å². The lowest BCUT2D eigenvalue weighted by molar-refractivity contribution is 0.0105. The smallest absolute Gasteiger partial charge is 0.419 e. The summed E-state index contributed by atoms with van der Waals surface area (Å²) in [5.74, 6) is 0.680. The van der Waals surface area contributed by atoms with Crippen LogP contribution in [0.15, 0.2) is 36.7 Å². The number of likely N-dealkylation sites (tertiary alicyclic amines) is 1. The zero-order valence-corrected chi connectivity index (χ0v) is 25.9. The van der Waals surface area contributed by atoms with E-state index in [1.54, 1.807) is 24.3 Å². The van der Waals surface area contributed by atoms with E-state index in [0.29, 0.717) is 42.2 Å². The number of methoxy groups -OCH3 is 1. The maximum atomic E-state index is 13.0. The summed E-state index contributed by atoms with van der Waals surface area (Å²) < 4.78 is 20.2. The Bertz CT molecular complexity index is 1760. The van der Waals surface area contributed by atoms with Gasteiger partial charge >= 0.3 is 12.2 Å². The number of nitrogens with one attached hydrogen (secondary N) is 1. The van der Waals surface area contributed by atoms with Gasteiger partial charge in [0, 0.05) is 41.8 Å². The number of ether oxygens (including phenoxy) is 3. The zero-order chi connectivity index (χ0) is 31.3. The Balaban J connectivity index is 1.45. The first kappa shape index (κ1) is 29.8. The van der Waals surface area contributed by atoms with E-state index in [4.69, 9.17) is 19.3 Å². The molecule has 0 saturated carbocycles. The molecular weight excluding hydrogens is 548 g/mol. The van der Waals surface area contributed by atoms with Gasteiger partial charge < -0.3 is 24.4 Å². The molecule has 0 unspecified atom stereocenters. The molecule has 2 aromatic heterocycles. The Morgan fingerprint density at radius 1 is 1.07 bits per heavy atom. The summed E-state index contributed by atoms with van der Waals surface area (Å²) in [7, 11) is 1.62. The molecule has 1 saturated heterocycles. The number of hydrogen-bond donors (Lipinski definition) is 1. The summed E-state index contributed by atoms with van der Waals surface area (Å²) in [5.41, 5.74) is 3.05. The number of nitrogens with zero attached hydrogens (tertiary/aromatic N) is 5. The number of aromatic nitrogens is 3. The summed E-state index contributed by atoms with van der Waals surface area (Å²) >= 11 is 0. The van der Waals surface area contributed by atoms with Gasteiger partial charge in [0.25, 0.3) is 0 Å². The minimum absolute atomic E-state index is 0.0418. The fourth-order valence-electron chi connectivity index (χ4n) is 5.24. The van der Waals surface area contributed by atoms with Crippen molar-refractivity contribution in [3.8, 4) is 11.8 Å². The van der Waals surface area contributed by atoms with E-state index in [-0.39, 0.29) is 12.1 Å². The normalized spacial score (nSPS) is 14.0. The molecule has 0 spiro atoms. The van der Waals surface area contributed by atoms with Crippen LogP contribution in [0.2, 0.25) is 0 Å². The third-order valence-electron chi connectivity index (χ3n) is 7.09. The summed E-state index contributed by atoms with van der Waals surface area (Å²) in [4.78, 5) is 27.0.